The zero-order chi connectivity index (χ0) is 13.9. The van der Waals surface area contributed by atoms with Gasteiger partial charge in [0.1, 0.15) is 5.60 Å². The standard InChI is InChI=1S/C14H22N2O2S/c1-14(2,3)18-13(17)16-8-12(9-16)15-6-4-11-5-7-19-10-11/h5,7,10,12,15H,4,6,8-9H2,1-3H3. The van der Waals surface area contributed by atoms with E-state index in [2.05, 4.69) is 22.1 Å². The Kier molecular flexibility index (Phi) is 4.47. The van der Waals surface area contributed by atoms with E-state index < -0.39 is 5.60 Å². The van der Waals surface area contributed by atoms with Crippen LogP contribution >= 0.6 is 11.3 Å². The van der Waals surface area contributed by atoms with Gasteiger partial charge >= 0.3 is 6.09 Å². The Morgan fingerprint density at radius 3 is 2.84 bits per heavy atom. The van der Waals surface area contributed by atoms with Crippen molar-refractivity contribution in [1.29, 1.82) is 0 Å². The lowest BCUT2D eigenvalue weighted by atomic mass is 10.1. The molecule has 1 N–H and O–H groups in total. The highest BCUT2D eigenvalue weighted by molar-refractivity contribution is 7.07. The molecule has 4 nitrogen and oxygen atoms in total. The third-order valence-corrected chi connectivity index (χ3v) is 3.69. The highest BCUT2D eigenvalue weighted by atomic mass is 32.1. The molecule has 1 aliphatic rings. The second-order valence-corrected chi connectivity index (χ2v) is 6.70. The Hall–Kier alpha value is -1.07. The van der Waals surface area contributed by atoms with Gasteiger partial charge in [-0.05, 0) is 56.1 Å². The molecule has 0 spiro atoms. The number of thiophene rings is 1. The maximum atomic E-state index is 11.7. The molecule has 1 amide bonds. The number of nitrogens with zero attached hydrogens (tertiary/aromatic N) is 1. The lowest BCUT2D eigenvalue weighted by Crippen LogP contribution is -2.60. The summed E-state index contributed by atoms with van der Waals surface area (Å²) >= 11 is 1.73. The molecule has 2 heterocycles. The molecule has 0 aromatic carbocycles. The van der Waals surface area contributed by atoms with Crippen molar-refractivity contribution < 1.29 is 9.53 Å². The highest BCUT2D eigenvalue weighted by Crippen LogP contribution is 2.15. The number of ether oxygens (including phenoxy) is 1. The van der Waals surface area contributed by atoms with E-state index >= 15 is 0 Å². The second kappa shape index (κ2) is 5.92. The lowest BCUT2D eigenvalue weighted by molar-refractivity contribution is 0.00542. The van der Waals surface area contributed by atoms with Crippen molar-refractivity contribution >= 4 is 17.4 Å². The Bertz CT molecular complexity index is 406. The van der Waals surface area contributed by atoms with E-state index in [9.17, 15) is 4.79 Å². The number of likely N-dealkylation sites (tertiary alicyclic amines) is 1. The minimum absolute atomic E-state index is 0.205. The van der Waals surface area contributed by atoms with E-state index in [0.717, 1.165) is 26.1 Å². The summed E-state index contributed by atoms with van der Waals surface area (Å²) in [4.78, 5) is 13.5. The molecule has 0 saturated carbocycles. The van der Waals surface area contributed by atoms with Crippen molar-refractivity contribution in [2.24, 2.45) is 0 Å². The first-order chi connectivity index (χ1) is 8.94. The molecule has 1 saturated heterocycles. The van der Waals surface area contributed by atoms with Crippen LogP contribution in [0, 0.1) is 0 Å². The Balaban J connectivity index is 1.60. The van der Waals surface area contributed by atoms with Gasteiger partial charge in [-0.25, -0.2) is 4.79 Å². The van der Waals surface area contributed by atoms with Crippen LogP contribution in [-0.2, 0) is 11.2 Å². The van der Waals surface area contributed by atoms with Crippen molar-refractivity contribution in [3.05, 3.63) is 22.4 Å². The first kappa shape index (κ1) is 14.3. The van der Waals surface area contributed by atoms with Gasteiger partial charge in [-0.15, -0.1) is 0 Å². The number of carbonyl (C=O) groups excluding carboxylic acids is 1. The van der Waals surface area contributed by atoms with Crippen LogP contribution in [0.4, 0.5) is 4.79 Å². The van der Waals surface area contributed by atoms with E-state index in [-0.39, 0.29) is 6.09 Å². The molecule has 1 aliphatic heterocycles. The maximum Gasteiger partial charge on any atom is 0.410 e. The summed E-state index contributed by atoms with van der Waals surface area (Å²) in [6.07, 6.45) is 0.843. The van der Waals surface area contributed by atoms with Crippen LogP contribution in [0.25, 0.3) is 0 Å². The Morgan fingerprint density at radius 2 is 2.26 bits per heavy atom. The molecule has 1 aromatic rings. The van der Waals surface area contributed by atoms with Crippen molar-refractivity contribution in [3.8, 4) is 0 Å². The lowest BCUT2D eigenvalue weighted by Gasteiger charge is -2.40. The van der Waals surface area contributed by atoms with Crippen molar-refractivity contribution in [2.45, 2.75) is 38.8 Å². The van der Waals surface area contributed by atoms with E-state index in [1.807, 2.05) is 20.8 Å². The van der Waals surface area contributed by atoms with Gasteiger partial charge in [0.15, 0.2) is 0 Å². The summed E-state index contributed by atoms with van der Waals surface area (Å²) in [6.45, 7) is 8.13. The van der Waals surface area contributed by atoms with Gasteiger partial charge in [-0.2, -0.15) is 11.3 Å². The minimum Gasteiger partial charge on any atom is -0.444 e. The normalized spacial score (nSPS) is 16.3. The number of hydrogen-bond donors (Lipinski definition) is 1. The Morgan fingerprint density at radius 1 is 1.53 bits per heavy atom. The summed E-state index contributed by atoms with van der Waals surface area (Å²) in [5, 5.41) is 7.74. The maximum absolute atomic E-state index is 11.7. The SMILES string of the molecule is CC(C)(C)OC(=O)N1CC(NCCc2ccsc2)C1. The third kappa shape index (κ3) is 4.51. The summed E-state index contributed by atoms with van der Waals surface area (Å²) < 4.78 is 5.31. The zero-order valence-corrected chi connectivity index (χ0v) is 12.6. The number of nitrogens with one attached hydrogen (secondary N) is 1. The van der Waals surface area contributed by atoms with Crippen LogP contribution in [0.2, 0.25) is 0 Å². The predicted octanol–water partition coefficient (Wildman–Crippen LogP) is 2.50. The van der Waals surface area contributed by atoms with E-state index in [4.69, 9.17) is 4.74 Å². The van der Waals surface area contributed by atoms with Crippen molar-refractivity contribution in [1.82, 2.24) is 10.2 Å². The van der Waals surface area contributed by atoms with Gasteiger partial charge in [-0.3, -0.25) is 0 Å². The number of carbonyl (C=O) groups is 1. The highest BCUT2D eigenvalue weighted by Gasteiger charge is 2.33. The average molecular weight is 282 g/mol. The Labute approximate surface area is 118 Å². The molecular weight excluding hydrogens is 260 g/mol. The molecule has 0 bridgehead atoms. The second-order valence-electron chi connectivity index (χ2n) is 5.92. The summed E-state index contributed by atoms with van der Waals surface area (Å²) in [7, 11) is 0. The average Bonchev–Trinajstić information content (AvgIpc) is 2.71. The molecule has 1 fully saturated rings. The largest absolute Gasteiger partial charge is 0.444 e. The van der Waals surface area contributed by atoms with Gasteiger partial charge in [0.2, 0.25) is 0 Å². The van der Waals surface area contributed by atoms with E-state index in [1.54, 1.807) is 16.2 Å². The zero-order valence-electron chi connectivity index (χ0n) is 11.8. The van der Waals surface area contributed by atoms with Gasteiger partial charge in [-0.1, -0.05) is 0 Å². The summed E-state index contributed by atoms with van der Waals surface area (Å²) in [6, 6.07) is 2.56. The van der Waals surface area contributed by atoms with Crippen LogP contribution < -0.4 is 5.32 Å². The molecule has 106 valence electrons. The molecular formula is C14H22N2O2S. The monoisotopic (exact) mass is 282 g/mol. The van der Waals surface area contributed by atoms with Crippen LogP contribution in [-0.4, -0.2) is 42.3 Å². The quantitative estimate of drug-likeness (QED) is 0.922. The van der Waals surface area contributed by atoms with Crippen molar-refractivity contribution in [2.75, 3.05) is 19.6 Å². The molecule has 1 aromatic heterocycles. The molecule has 0 aliphatic carbocycles. The summed E-state index contributed by atoms with van der Waals surface area (Å²) in [5.41, 5.74) is 0.968. The van der Waals surface area contributed by atoms with E-state index in [0.29, 0.717) is 6.04 Å². The molecule has 5 heteroatoms. The van der Waals surface area contributed by atoms with Gasteiger partial charge in [0, 0.05) is 19.1 Å². The fraction of sp³-hybridized carbons (Fsp3) is 0.643. The number of rotatable bonds is 4. The fourth-order valence-corrected chi connectivity index (χ4v) is 2.64. The van der Waals surface area contributed by atoms with Crippen molar-refractivity contribution in [3.63, 3.8) is 0 Å². The molecule has 0 radical (unpaired) electrons. The summed E-state index contributed by atoms with van der Waals surface area (Å²) in [5.74, 6) is 0. The predicted molar refractivity (Wildman–Crippen MR) is 77.6 cm³/mol. The third-order valence-electron chi connectivity index (χ3n) is 2.96. The van der Waals surface area contributed by atoms with Gasteiger partial charge in [0.05, 0.1) is 0 Å². The van der Waals surface area contributed by atoms with Crippen LogP contribution in [0.3, 0.4) is 0 Å². The van der Waals surface area contributed by atoms with E-state index in [1.165, 1.54) is 5.56 Å². The molecule has 19 heavy (non-hydrogen) atoms. The molecule has 0 atom stereocenters. The van der Waals surface area contributed by atoms with Crippen LogP contribution in [0.1, 0.15) is 26.3 Å². The van der Waals surface area contributed by atoms with Crippen LogP contribution in [0.5, 0.6) is 0 Å². The van der Waals surface area contributed by atoms with Gasteiger partial charge in [0.25, 0.3) is 0 Å². The topological polar surface area (TPSA) is 41.6 Å². The first-order valence-electron chi connectivity index (χ1n) is 6.66. The molecule has 0 unspecified atom stereocenters. The number of amides is 1. The number of hydrogen-bond acceptors (Lipinski definition) is 4. The first-order valence-corrected chi connectivity index (χ1v) is 7.61. The van der Waals surface area contributed by atoms with Gasteiger partial charge < -0.3 is 15.0 Å². The van der Waals surface area contributed by atoms with Crippen LogP contribution in [0.15, 0.2) is 16.8 Å². The smallest absolute Gasteiger partial charge is 0.410 e. The fourth-order valence-electron chi connectivity index (χ4n) is 1.94. The molecule has 2 rings (SSSR count). The minimum atomic E-state index is -0.408.